The van der Waals surface area contributed by atoms with Crippen LogP contribution in [0.4, 0.5) is 5.69 Å². The number of piperazine rings is 1. The lowest BCUT2D eigenvalue weighted by Gasteiger charge is -2.70. The van der Waals surface area contributed by atoms with Gasteiger partial charge >= 0.3 is 0 Å². The zero-order chi connectivity index (χ0) is 34.9. The molecule has 2 bridgehead atoms. The van der Waals surface area contributed by atoms with Crippen LogP contribution in [0.2, 0.25) is 0 Å². The van der Waals surface area contributed by atoms with Gasteiger partial charge < -0.3 is 33.9 Å². The summed E-state index contributed by atoms with van der Waals surface area (Å²) < 4.78 is 14.0. The van der Waals surface area contributed by atoms with E-state index in [2.05, 4.69) is 27.3 Å². The molecule has 2 N–H and O–H groups in total. The Bertz CT molecular complexity index is 2230. The molecule has 5 aromatic rings. The van der Waals surface area contributed by atoms with Gasteiger partial charge in [0.05, 0.1) is 12.8 Å². The zero-order valence-corrected chi connectivity index (χ0v) is 28.5. The highest BCUT2D eigenvalue weighted by molar-refractivity contribution is 6.06. The maximum Gasteiger partial charge on any atom is 0.299 e. The van der Waals surface area contributed by atoms with Crippen LogP contribution in [-0.2, 0) is 17.8 Å². The molecule has 15 nitrogen and oxygen atoms in total. The average molecular weight is 682 g/mol. The molecule has 0 radical (unpaired) electrons. The summed E-state index contributed by atoms with van der Waals surface area (Å²) in [5.74, 6) is 0.638. The predicted molar refractivity (Wildman–Crippen MR) is 182 cm³/mol. The van der Waals surface area contributed by atoms with Gasteiger partial charge in [-0.25, -0.2) is 9.97 Å². The third-order valence-electron chi connectivity index (χ3n) is 10.7. The van der Waals surface area contributed by atoms with Crippen molar-refractivity contribution >= 4 is 34.4 Å². The molecule has 4 aromatic heterocycles. The van der Waals surface area contributed by atoms with E-state index in [0.29, 0.717) is 65.0 Å². The van der Waals surface area contributed by atoms with Crippen LogP contribution >= 0.6 is 0 Å². The summed E-state index contributed by atoms with van der Waals surface area (Å²) in [5, 5.41) is 18.6. The van der Waals surface area contributed by atoms with E-state index < -0.39 is 0 Å². The third-order valence-corrected chi connectivity index (χ3v) is 10.7. The lowest BCUT2D eigenvalue weighted by atomic mass is 9.38. The van der Waals surface area contributed by atoms with Gasteiger partial charge in [-0.3, -0.25) is 14.4 Å². The Morgan fingerprint density at radius 2 is 1.84 bits per heavy atom. The molecule has 1 aliphatic heterocycles. The average Bonchev–Trinajstić information content (AvgIpc) is 3.70. The molecule has 2 amide bonds. The van der Waals surface area contributed by atoms with Gasteiger partial charge in [0.2, 0.25) is 17.6 Å². The molecule has 3 saturated carbocycles. The Labute approximate surface area is 286 Å². The van der Waals surface area contributed by atoms with Crippen LogP contribution in [0, 0.1) is 12.3 Å². The second-order valence-corrected chi connectivity index (χ2v) is 13.8. The highest BCUT2D eigenvalue weighted by atomic mass is 16.5. The number of benzene rings is 1. The number of amides is 2. The molecule has 0 unspecified atom stereocenters. The first-order valence-corrected chi connectivity index (χ1v) is 17.0. The van der Waals surface area contributed by atoms with Gasteiger partial charge in [0.25, 0.3) is 11.5 Å². The lowest BCUT2D eigenvalue weighted by Crippen LogP contribution is -2.74. The zero-order valence-electron chi connectivity index (χ0n) is 28.5. The third kappa shape index (κ3) is 4.97. The lowest BCUT2D eigenvalue weighted by molar-refractivity contribution is -0.166. The molecule has 4 aliphatic rings. The van der Waals surface area contributed by atoms with Crippen molar-refractivity contribution in [3.05, 3.63) is 58.0 Å². The van der Waals surface area contributed by atoms with Crippen molar-refractivity contribution < 1.29 is 23.8 Å². The quantitative estimate of drug-likeness (QED) is 0.234. The number of oxazole rings is 1. The van der Waals surface area contributed by atoms with Crippen LogP contribution in [0.25, 0.3) is 28.3 Å². The van der Waals surface area contributed by atoms with Crippen molar-refractivity contribution in [2.75, 3.05) is 38.2 Å². The number of carbonyl (C=O) groups is 2. The van der Waals surface area contributed by atoms with Crippen molar-refractivity contribution in [2.45, 2.75) is 65.0 Å². The van der Waals surface area contributed by atoms with E-state index in [0.717, 1.165) is 25.7 Å². The van der Waals surface area contributed by atoms with Crippen molar-refractivity contribution in [1.29, 1.82) is 0 Å². The number of rotatable bonds is 9. The smallest absolute Gasteiger partial charge is 0.299 e. The number of phenols is 1. The summed E-state index contributed by atoms with van der Waals surface area (Å²) >= 11 is 0. The molecule has 15 heteroatoms. The number of carbonyl (C=O) groups excluding carboxylic acids is 2. The van der Waals surface area contributed by atoms with E-state index in [1.54, 1.807) is 40.8 Å². The number of nitrogens with one attached hydrogen (secondary N) is 1. The Morgan fingerprint density at radius 1 is 1.08 bits per heavy atom. The van der Waals surface area contributed by atoms with Gasteiger partial charge in [-0.2, -0.15) is 9.50 Å². The van der Waals surface area contributed by atoms with Crippen LogP contribution in [0.1, 0.15) is 61.5 Å². The van der Waals surface area contributed by atoms with Crippen molar-refractivity contribution in [1.82, 2.24) is 39.3 Å². The summed E-state index contributed by atoms with van der Waals surface area (Å²) in [6.07, 6.45) is 6.14. The van der Waals surface area contributed by atoms with Crippen LogP contribution in [-0.4, -0.2) is 89.8 Å². The number of aromatic nitrogens is 6. The molecule has 260 valence electrons. The Hall–Kier alpha value is -5.47. The Balaban J connectivity index is 1.13. The van der Waals surface area contributed by atoms with E-state index in [4.69, 9.17) is 14.1 Å². The minimum absolute atomic E-state index is 0.0308. The normalized spacial score (nSPS) is 21.3. The molecule has 0 atom stereocenters. The molecule has 5 heterocycles. The van der Waals surface area contributed by atoms with E-state index in [9.17, 15) is 19.5 Å². The number of hydrogen-bond donors (Lipinski definition) is 2. The van der Waals surface area contributed by atoms with E-state index in [-0.39, 0.29) is 65.2 Å². The number of aryl methyl sites for hydroxylation is 1. The fraction of sp³-hybridized carbons (Fsp3) is 0.457. The number of nitrogens with zero attached hydrogens (tertiary/aromatic N) is 8. The number of phenolic OH excluding ortho intramolecular Hbond substituents is 1. The maximum atomic E-state index is 14.3. The van der Waals surface area contributed by atoms with E-state index >= 15 is 0 Å². The molecular formula is C35H39N9O6. The molecular weight excluding hydrogens is 642 g/mol. The second-order valence-electron chi connectivity index (χ2n) is 13.8. The molecule has 1 aromatic carbocycles. The molecule has 3 aliphatic carbocycles. The summed E-state index contributed by atoms with van der Waals surface area (Å²) in [5.41, 5.74) is 2.35. The second kappa shape index (κ2) is 11.6. The standard InChI is InChI=1S/C35H39N9O6/c1-5-23-28(41-11-13-42(14-12-41)31(47)27-24(45)8-7-22-29(27)50-20(3)37-22)32(48)44-33(38-30(40-44)21-9-10-36-26(15-21)49-4)43(23)16-25(46)39-35-17-34(6-2,18-35)19-35/h7-10,15,45H,5-6,11-14,16-19H2,1-4H3,(H,39,46). The predicted octanol–water partition coefficient (Wildman–Crippen LogP) is 3.09. The van der Waals surface area contributed by atoms with Gasteiger partial charge in [-0.1, -0.05) is 20.3 Å². The highest BCUT2D eigenvalue weighted by Crippen LogP contribution is 2.68. The van der Waals surface area contributed by atoms with Crippen LogP contribution in [0.3, 0.4) is 0 Å². The maximum absolute atomic E-state index is 14.3. The first kappa shape index (κ1) is 31.8. The van der Waals surface area contributed by atoms with Gasteiger partial charge in [-0.05, 0) is 49.3 Å². The highest BCUT2D eigenvalue weighted by Gasteiger charge is 2.67. The number of pyridine rings is 1. The molecule has 1 saturated heterocycles. The fourth-order valence-electron chi connectivity index (χ4n) is 8.29. The largest absolute Gasteiger partial charge is 0.507 e. The minimum Gasteiger partial charge on any atom is -0.507 e. The first-order chi connectivity index (χ1) is 24.1. The van der Waals surface area contributed by atoms with Crippen molar-refractivity contribution in [2.24, 2.45) is 5.41 Å². The molecule has 50 heavy (non-hydrogen) atoms. The molecule has 9 rings (SSSR count). The Morgan fingerprint density at radius 3 is 2.54 bits per heavy atom. The molecule has 4 fully saturated rings. The van der Waals surface area contributed by atoms with E-state index in [1.807, 2.05) is 11.8 Å². The topological polar surface area (TPSA) is 173 Å². The van der Waals surface area contributed by atoms with Gasteiger partial charge in [0, 0.05) is 56.5 Å². The monoisotopic (exact) mass is 681 g/mol. The summed E-state index contributed by atoms with van der Waals surface area (Å²) in [4.78, 5) is 58.6. The summed E-state index contributed by atoms with van der Waals surface area (Å²) in [6.45, 7) is 7.04. The SMILES string of the molecule is CCc1c(N2CCN(C(=O)c3c(O)ccc4nc(C)oc34)CC2)c(=O)n2nc(-c3ccnc(OC)c3)nc2n1CC(=O)NC12CC(CC)(C1)C2. The van der Waals surface area contributed by atoms with Crippen LogP contribution in [0.5, 0.6) is 11.6 Å². The van der Waals surface area contributed by atoms with E-state index in [1.165, 1.54) is 17.7 Å². The number of ether oxygens (including phenoxy) is 1. The van der Waals surface area contributed by atoms with Crippen molar-refractivity contribution in [3.63, 3.8) is 0 Å². The number of fused-ring (bicyclic) bond motifs is 2. The van der Waals surface area contributed by atoms with Gasteiger partial charge in [-0.15, -0.1) is 5.10 Å². The number of aromatic hydroxyl groups is 1. The molecule has 0 spiro atoms. The van der Waals surface area contributed by atoms with Gasteiger partial charge in [0.1, 0.15) is 29.1 Å². The number of anilines is 1. The number of hydrogen-bond acceptors (Lipinski definition) is 11. The summed E-state index contributed by atoms with van der Waals surface area (Å²) in [6, 6.07) is 6.49. The minimum atomic E-state index is -0.378. The number of methoxy groups -OCH3 is 1. The summed E-state index contributed by atoms with van der Waals surface area (Å²) in [7, 11) is 1.52. The van der Waals surface area contributed by atoms with Crippen LogP contribution in [0.15, 0.2) is 39.7 Å². The first-order valence-electron chi connectivity index (χ1n) is 17.0. The van der Waals surface area contributed by atoms with Crippen LogP contribution < -0.4 is 20.5 Å². The fourth-order valence-corrected chi connectivity index (χ4v) is 8.29. The van der Waals surface area contributed by atoms with Gasteiger partial charge in [0.15, 0.2) is 17.3 Å². The van der Waals surface area contributed by atoms with Crippen molar-refractivity contribution in [3.8, 4) is 23.0 Å². The Kier molecular flexibility index (Phi) is 7.35.